The second-order valence-corrected chi connectivity index (χ2v) is 3.71. The minimum atomic E-state index is -0.452. The quantitative estimate of drug-likeness (QED) is 0.486. The SMILES string of the molecule is CCc1nccn1-c1cc(NN)cc([N+](=O)[O-])c1. The zero-order valence-corrected chi connectivity index (χ0v) is 9.83. The first-order valence-electron chi connectivity index (χ1n) is 5.44. The van der Waals surface area contributed by atoms with E-state index in [4.69, 9.17) is 5.84 Å². The van der Waals surface area contributed by atoms with Gasteiger partial charge in [-0.2, -0.15) is 0 Å². The lowest BCUT2D eigenvalue weighted by atomic mass is 10.2. The molecule has 0 aliphatic rings. The molecule has 18 heavy (non-hydrogen) atoms. The first kappa shape index (κ1) is 12.1. The van der Waals surface area contributed by atoms with Gasteiger partial charge in [-0.15, -0.1) is 0 Å². The number of nitro groups is 1. The van der Waals surface area contributed by atoms with Crippen LogP contribution in [-0.2, 0) is 6.42 Å². The van der Waals surface area contributed by atoms with Crippen LogP contribution in [0.5, 0.6) is 0 Å². The highest BCUT2D eigenvalue weighted by Crippen LogP contribution is 2.23. The van der Waals surface area contributed by atoms with Crippen LogP contribution in [0.25, 0.3) is 5.69 Å². The number of nitrogens with one attached hydrogen (secondary N) is 1. The molecular formula is C11H13N5O2. The molecule has 1 aromatic heterocycles. The van der Waals surface area contributed by atoms with Crippen molar-refractivity contribution >= 4 is 11.4 Å². The summed E-state index contributed by atoms with van der Waals surface area (Å²) in [4.78, 5) is 14.6. The molecule has 2 aromatic rings. The number of aromatic nitrogens is 2. The summed E-state index contributed by atoms with van der Waals surface area (Å²) < 4.78 is 1.80. The lowest BCUT2D eigenvalue weighted by Gasteiger charge is -2.08. The number of imidazole rings is 1. The summed E-state index contributed by atoms with van der Waals surface area (Å²) in [5.74, 6) is 6.15. The first-order chi connectivity index (χ1) is 8.65. The monoisotopic (exact) mass is 247 g/mol. The van der Waals surface area contributed by atoms with Gasteiger partial charge in [0.1, 0.15) is 5.82 Å². The summed E-state index contributed by atoms with van der Waals surface area (Å²) in [6.07, 6.45) is 4.16. The fraction of sp³-hybridized carbons (Fsp3) is 0.182. The molecule has 0 radical (unpaired) electrons. The fourth-order valence-corrected chi connectivity index (χ4v) is 1.75. The summed E-state index contributed by atoms with van der Waals surface area (Å²) in [7, 11) is 0. The molecule has 0 saturated heterocycles. The Morgan fingerprint density at radius 2 is 2.28 bits per heavy atom. The number of nitro benzene ring substituents is 1. The van der Waals surface area contributed by atoms with Crippen LogP contribution in [0.1, 0.15) is 12.7 Å². The Bertz CT molecular complexity index is 579. The van der Waals surface area contributed by atoms with E-state index < -0.39 is 4.92 Å². The molecule has 0 aliphatic carbocycles. The van der Waals surface area contributed by atoms with Gasteiger partial charge in [-0.25, -0.2) is 4.98 Å². The zero-order valence-electron chi connectivity index (χ0n) is 9.83. The maximum atomic E-state index is 10.9. The van der Waals surface area contributed by atoms with Crippen molar-refractivity contribution < 1.29 is 4.92 Å². The molecule has 0 bridgehead atoms. The van der Waals surface area contributed by atoms with Crippen LogP contribution in [0, 0.1) is 10.1 Å². The van der Waals surface area contributed by atoms with Crippen LogP contribution in [0.4, 0.5) is 11.4 Å². The van der Waals surface area contributed by atoms with Gasteiger partial charge >= 0.3 is 0 Å². The van der Waals surface area contributed by atoms with Crippen LogP contribution in [0.3, 0.4) is 0 Å². The molecule has 0 atom stereocenters. The predicted molar refractivity (Wildman–Crippen MR) is 67.4 cm³/mol. The van der Waals surface area contributed by atoms with Crippen LogP contribution < -0.4 is 11.3 Å². The van der Waals surface area contributed by atoms with Crippen molar-refractivity contribution in [1.82, 2.24) is 9.55 Å². The predicted octanol–water partition coefficient (Wildman–Crippen LogP) is 1.63. The number of hydrazine groups is 1. The summed E-state index contributed by atoms with van der Waals surface area (Å²) in [5, 5.41) is 10.9. The number of anilines is 1. The Balaban J connectivity index is 2.56. The number of aryl methyl sites for hydroxylation is 1. The van der Waals surface area contributed by atoms with Gasteiger partial charge in [0.05, 0.1) is 16.3 Å². The van der Waals surface area contributed by atoms with E-state index in [1.54, 1.807) is 23.0 Å². The van der Waals surface area contributed by atoms with Gasteiger partial charge in [-0.05, 0) is 6.07 Å². The van der Waals surface area contributed by atoms with E-state index in [9.17, 15) is 10.1 Å². The number of nitrogens with two attached hydrogens (primary N) is 1. The molecule has 7 heteroatoms. The highest BCUT2D eigenvalue weighted by Gasteiger charge is 2.12. The minimum absolute atomic E-state index is 0.0174. The van der Waals surface area contributed by atoms with Crippen LogP contribution >= 0.6 is 0 Å². The summed E-state index contributed by atoms with van der Waals surface area (Å²) in [6, 6.07) is 4.60. The maximum absolute atomic E-state index is 10.9. The van der Waals surface area contributed by atoms with Crippen LogP contribution in [0.2, 0.25) is 0 Å². The number of rotatable bonds is 4. The highest BCUT2D eigenvalue weighted by atomic mass is 16.6. The van der Waals surface area contributed by atoms with Crippen LogP contribution in [0.15, 0.2) is 30.6 Å². The van der Waals surface area contributed by atoms with E-state index in [0.717, 1.165) is 12.2 Å². The molecule has 0 aliphatic heterocycles. The number of nitrogen functional groups attached to an aromatic ring is 1. The normalized spacial score (nSPS) is 10.3. The molecular weight excluding hydrogens is 234 g/mol. The summed E-state index contributed by atoms with van der Waals surface area (Å²) in [5.41, 5.74) is 3.55. The molecule has 1 aromatic carbocycles. The van der Waals surface area contributed by atoms with E-state index in [0.29, 0.717) is 11.4 Å². The van der Waals surface area contributed by atoms with Crippen LogP contribution in [-0.4, -0.2) is 14.5 Å². The third-order valence-electron chi connectivity index (χ3n) is 2.59. The van der Waals surface area contributed by atoms with Gasteiger partial charge in [-0.3, -0.25) is 16.0 Å². The first-order valence-corrected chi connectivity index (χ1v) is 5.44. The van der Waals surface area contributed by atoms with Crippen molar-refractivity contribution in [2.45, 2.75) is 13.3 Å². The lowest BCUT2D eigenvalue weighted by Crippen LogP contribution is -2.08. The molecule has 3 N–H and O–H groups in total. The number of hydrogen-bond donors (Lipinski definition) is 2. The van der Waals surface area contributed by atoms with Crippen molar-refractivity contribution in [3.8, 4) is 5.69 Å². The largest absolute Gasteiger partial charge is 0.324 e. The van der Waals surface area contributed by atoms with Gasteiger partial charge in [0.2, 0.25) is 0 Å². The summed E-state index contributed by atoms with van der Waals surface area (Å²) in [6.45, 7) is 1.97. The van der Waals surface area contributed by atoms with Crippen molar-refractivity contribution in [3.05, 3.63) is 46.5 Å². The smallest absolute Gasteiger partial charge is 0.273 e. The average molecular weight is 247 g/mol. The van der Waals surface area contributed by atoms with Crippen molar-refractivity contribution in [3.63, 3.8) is 0 Å². The second kappa shape index (κ2) is 4.84. The molecule has 0 spiro atoms. The van der Waals surface area contributed by atoms with Crippen molar-refractivity contribution in [2.24, 2.45) is 5.84 Å². The zero-order chi connectivity index (χ0) is 13.1. The van der Waals surface area contributed by atoms with Crippen molar-refractivity contribution in [2.75, 3.05) is 5.43 Å². The third-order valence-corrected chi connectivity index (χ3v) is 2.59. The summed E-state index contributed by atoms with van der Waals surface area (Å²) >= 11 is 0. The maximum Gasteiger partial charge on any atom is 0.273 e. The Kier molecular flexibility index (Phi) is 3.24. The van der Waals surface area contributed by atoms with E-state index in [2.05, 4.69) is 10.4 Å². The Hall–Kier alpha value is -2.41. The van der Waals surface area contributed by atoms with E-state index in [-0.39, 0.29) is 5.69 Å². The van der Waals surface area contributed by atoms with Gasteiger partial charge in [-0.1, -0.05) is 6.92 Å². The van der Waals surface area contributed by atoms with E-state index in [1.165, 1.54) is 12.1 Å². The number of hydrogen-bond acceptors (Lipinski definition) is 5. The average Bonchev–Trinajstić information content (AvgIpc) is 2.86. The second-order valence-electron chi connectivity index (χ2n) is 3.71. The van der Waals surface area contributed by atoms with Gasteiger partial charge in [0, 0.05) is 30.9 Å². The van der Waals surface area contributed by atoms with E-state index in [1.807, 2.05) is 6.92 Å². The molecule has 0 fully saturated rings. The minimum Gasteiger partial charge on any atom is -0.324 e. The number of non-ortho nitro benzene ring substituents is 1. The molecule has 1 heterocycles. The molecule has 0 amide bonds. The number of benzene rings is 1. The van der Waals surface area contributed by atoms with Gasteiger partial charge < -0.3 is 9.99 Å². The Labute approximate surface area is 103 Å². The fourth-order valence-electron chi connectivity index (χ4n) is 1.75. The number of nitrogens with zero attached hydrogens (tertiary/aromatic N) is 3. The van der Waals surface area contributed by atoms with Gasteiger partial charge in [0.25, 0.3) is 5.69 Å². The Morgan fingerprint density at radius 1 is 1.50 bits per heavy atom. The van der Waals surface area contributed by atoms with Gasteiger partial charge in [0.15, 0.2) is 0 Å². The lowest BCUT2D eigenvalue weighted by molar-refractivity contribution is -0.384. The molecule has 0 unspecified atom stereocenters. The standard InChI is InChI=1S/C11H13N5O2/c1-2-11-13-3-4-15(11)9-5-8(14-12)6-10(7-9)16(17)18/h3-7,14H,2,12H2,1H3. The molecule has 94 valence electrons. The molecule has 7 nitrogen and oxygen atoms in total. The topological polar surface area (TPSA) is 99.0 Å². The third kappa shape index (κ3) is 2.16. The van der Waals surface area contributed by atoms with E-state index >= 15 is 0 Å². The Morgan fingerprint density at radius 3 is 2.89 bits per heavy atom. The molecule has 2 rings (SSSR count). The molecule has 0 saturated carbocycles. The highest BCUT2D eigenvalue weighted by molar-refractivity contribution is 5.58. The van der Waals surface area contributed by atoms with Crippen molar-refractivity contribution in [1.29, 1.82) is 0 Å².